The zero-order chi connectivity index (χ0) is 25.6. The van der Waals surface area contributed by atoms with Crippen LogP contribution in [0.15, 0.2) is 36.4 Å². The highest BCUT2D eigenvalue weighted by Crippen LogP contribution is 2.55. The molecule has 0 spiro atoms. The van der Waals surface area contributed by atoms with E-state index in [-0.39, 0.29) is 28.5 Å². The van der Waals surface area contributed by atoms with Crippen LogP contribution in [-0.2, 0) is 5.41 Å². The smallest absolute Gasteiger partial charge is 0.423 e. The SMILES string of the molecule is CCCCC(CC)CC1(CC(CC)CCCC)c2cc(B(O)O)ccc2-c2ccc(B(O)O)cc21.[Mg]. The minimum Gasteiger partial charge on any atom is -0.423 e. The van der Waals surface area contributed by atoms with Crippen molar-refractivity contribution in [1.82, 2.24) is 0 Å². The van der Waals surface area contributed by atoms with E-state index in [0.29, 0.717) is 22.8 Å². The van der Waals surface area contributed by atoms with E-state index in [1.54, 1.807) is 12.1 Å². The van der Waals surface area contributed by atoms with Gasteiger partial charge in [0.05, 0.1) is 0 Å². The Bertz CT molecular complexity index is 889. The molecular weight excluding hydrogens is 458 g/mol. The molecule has 2 aromatic carbocycles. The molecular formula is C29H44B2MgO4. The average molecular weight is 503 g/mol. The van der Waals surface area contributed by atoms with Gasteiger partial charge in [0.15, 0.2) is 0 Å². The van der Waals surface area contributed by atoms with Gasteiger partial charge in [-0.05, 0) is 57.9 Å². The topological polar surface area (TPSA) is 80.9 Å². The summed E-state index contributed by atoms with van der Waals surface area (Å²) in [6, 6.07) is 11.7. The summed E-state index contributed by atoms with van der Waals surface area (Å²) in [5.74, 6) is 1.09. The third-order valence-electron chi connectivity index (χ3n) is 8.37. The van der Waals surface area contributed by atoms with Crippen LogP contribution in [0.2, 0.25) is 0 Å². The molecule has 0 bridgehead atoms. The Hall–Kier alpha value is -0.824. The molecule has 4 nitrogen and oxygen atoms in total. The lowest BCUT2D eigenvalue weighted by atomic mass is 9.63. The summed E-state index contributed by atoms with van der Waals surface area (Å²) in [5, 5.41) is 40.1. The second kappa shape index (κ2) is 14.4. The Kier molecular flexibility index (Phi) is 12.5. The van der Waals surface area contributed by atoms with Gasteiger partial charge in [-0.2, -0.15) is 0 Å². The lowest BCUT2D eigenvalue weighted by molar-refractivity contribution is 0.266. The fraction of sp³-hybridized carbons (Fsp3) is 0.586. The Morgan fingerprint density at radius 1 is 0.667 bits per heavy atom. The summed E-state index contributed by atoms with van der Waals surface area (Å²) in [7, 11) is -3.03. The van der Waals surface area contributed by atoms with Gasteiger partial charge in [0.2, 0.25) is 0 Å². The molecule has 1 aliphatic carbocycles. The lowest BCUT2D eigenvalue weighted by Gasteiger charge is -2.39. The number of fused-ring (bicyclic) bond motifs is 3. The van der Waals surface area contributed by atoms with E-state index in [1.165, 1.54) is 49.7 Å². The largest absolute Gasteiger partial charge is 0.488 e. The van der Waals surface area contributed by atoms with Crippen molar-refractivity contribution in [1.29, 1.82) is 0 Å². The van der Waals surface area contributed by atoms with Gasteiger partial charge in [0, 0.05) is 28.5 Å². The van der Waals surface area contributed by atoms with Gasteiger partial charge in [-0.15, -0.1) is 0 Å². The van der Waals surface area contributed by atoms with Gasteiger partial charge in [-0.1, -0.05) is 115 Å². The van der Waals surface area contributed by atoms with Crippen molar-refractivity contribution >= 4 is 48.2 Å². The Labute approximate surface area is 235 Å². The molecule has 0 aromatic heterocycles. The molecule has 0 fully saturated rings. The second-order valence-electron chi connectivity index (χ2n) is 10.7. The van der Waals surface area contributed by atoms with E-state index in [0.717, 1.165) is 36.8 Å². The predicted octanol–water partition coefficient (Wildman–Crippen LogP) is 4.14. The van der Waals surface area contributed by atoms with Crippen LogP contribution in [0, 0.1) is 11.8 Å². The fourth-order valence-corrected chi connectivity index (χ4v) is 6.25. The maximum absolute atomic E-state index is 10.0. The quantitative estimate of drug-likeness (QED) is 0.293. The van der Waals surface area contributed by atoms with Crippen LogP contribution < -0.4 is 10.9 Å². The molecule has 36 heavy (non-hydrogen) atoms. The van der Waals surface area contributed by atoms with Crippen LogP contribution in [-0.4, -0.2) is 57.4 Å². The molecule has 0 aliphatic heterocycles. The molecule has 0 saturated carbocycles. The van der Waals surface area contributed by atoms with E-state index in [2.05, 4.69) is 27.7 Å². The Morgan fingerprint density at radius 3 is 1.36 bits per heavy atom. The van der Waals surface area contributed by atoms with E-state index in [9.17, 15) is 20.1 Å². The molecule has 192 valence electrons. The summed E-state index contributed by atoms with van der Waals surface area (Å²) in [6.07, 6.45) is 11.3. The van der Waals surface area contributed by atoms with Gasteiger partial charge in [-0.3, -0.25) is 0 Å². The van der Waals surface area contributed by atoms with Crippen molar-refractivity contribution < 1.29 is 20.1 Å². The molecule has 7 heteroatoms. The minimum absolute atomic E-state index is 0. The summed E-state index contributed by atoms with van der Waals surface area (Å²) < 4.78 is 0. The van der Waals surface area contributed by atoms with E-state index >= 15 is 0 Å². The first-order valence-electron chi connectivity index (χ1n) is 13.8. The first-order valence-corrected chi connectivity index (χ1v) is 13.8. The summed E-state index contributed by atoms with van der Waals surface area (Å²) >= 11 is 0. The number of hydrogen-bond donors (Lipinski definition) is 4. The van der Waals surface area contributed by atoms with Gasteiger partial charge in [0.25, 0.3) is 0 Å². The van der Waals surface area contributed by atoms with E-state index < -0.39 is 14.2 Å². The highest BCUT2D eigenvalue weighted by atomic mass is 24.3. The van der Waals surface area contributed by atoms with Gasteiger partial charge in [0.1, 0.15) is 0 Å². The molecule has 4 N–H and O–H groups in total. The maximum Gasteiger partial charge on any atom is 0.488 e. The Morgan fingerprint density at radius 2 is 1.06 bits per heavy atom. The third-order valence-corrected chi connectivity index (χ3v) is 8.37. The molecule has 1 aliphatic rings. The van der Waals surface area contributed by atoms with Crippen LogP contribution in [0.3, 0.4) is 0 Å². The molecule has 3 rings (SSSR count). The molecule has 2 unspecified atom stereocenters. The normalized spacial score (nSPS) is 15.0. The second-order valence-corrected chi connectivity index (χ2v) is 10.7. The van der Waals surface area contributed by atoms with E-state index in [4.69, 9.17) is 0 Å². The molecule has 2 radical (unpaired) electrons. The minimum atomic E-state index is -1.51. The van der Waals surface area contributed by atoms with Crippen molar-refractivity contribution in [3.05, 3.63) is 47.5 Å². The zero-order valence-corrected chi connectivity index (χ0v) is 24.3. The van der Waals surface area contributed by atoms with Crippen molar-refractivity contribution in [3.63, 3.8) is 0 Å². The standard InChI is InChI=1S/C29H44B2O4.Mg/c1-5-9-11-21(7-3)19-29(20-22(8-4)12-10-6-2)27-17-23(30(32)33)13-15-25(27)26-16-14-24(31(34)35)18-28(26)29;/h13-18,21-22,32-35H,5-12,19-20H2,1-4H3;. The molecule has 0 amide bonds. The lowest BCUT2D eigenvalue weighted by Crippen LogP contribution is -2.36. The monoisotopic (exact) mass is 502 g/mol. The summed E-state index contributed by atoms with van der Waals surface area (Å²) in [4.78, 5) is 0. The van der Waals surface area contributed by atoms with Crippen LogP contribution >= 0.6 is 0 Å². The number of hydrogen-bond acceptors (Lipinski definition) is 4. The van der Waals surface area contributed by atoms with Crippen molar-refractivity contribution in [2.45, 2.75) is 97.3 Å². The average Bonchev–Trinajstić information content (AvgIpc) is 3.12. The third kappa shape index (κ3) is 6.78. The number of benzene rings is 2. The first-order chi connectivity index (χ1) is 16.8. The predicted molar refractivity (Wildman–Crippen MR) is 154 cm³/mol. The summed E-state index contributed by atoms with van der Waals surface area (Å²) in [6.45, 7) is 9.04. The molecule has 0 saturated heterocycles. The molecule has 0 heterocycles. The van der Waals surface area contributed by atoms with Crippen LogP contribution in [0.25, 0.3) is 11.1 Å². The van der Waals surface area contributed by atoms with Crippen LogP contribution in [0.1, 0.15) is 103 Å². The van der Waals surface area contributed by atoms with Crippen LogP contribution in [0.5, 0.6) is 0 Å². The number of unbranched alkanes of at least 4 members (excludes halogenated alkanes) is 2. The van der Waals surface area contributed by atoms with Crippen LogP contribution in [0.4, 0.5) is 0 Å². The van der Waals surface area contributed by atoms with Crippen molar-refractivity contribution in [2.75, 3.05) is 0 Å². The van der Waals surface area contributed by atoms with Gasteiger partial charge >= 0.3 is 14.2 Å². The summed E-state index contributed by atoms with van der Waals surface area (Å²) in [5.41, 5.74) is 5.37. The van der Waals surface area contributed by atoms with Gasteiger partial charge < -0.3 is 20.1 Å². The fourth-order valence-electron chi connectivity index (χ4n) is 6.25. The van der Waals surface area contributed by atoms with Gasteiger partial charge in [-0.25, -0.2) is 0 Å². The Balaban J connectivity index is 0.00000456. The highest BCUT2D eigenvalue weighted by Gasteiger charge is 2.46. The maximum atomic E-state index is 10.0. The first kappa shape index (κ1) is 31.4. The number of rotatable bonds is 14. The highest BCUT2D eigenvalue weighted by molar-refractivity contribution is 6.59. The van der Waals surface area contributed by atoms with Crippen molar-refractivity contribution in [2.24, 2.45) is 11.8 Å². The molecule has 2 aromatic rings. The molecule has 2 atom stereocenters. The van der Waals surface area contributed by atoms with Crippen molar-refractivity contribution in [3.8, 4) is 11.1 Å². The zero-order valence-electron chi connectivity index (χ0n) is 22.8. The van der Waals surface area contributed by atoms with E-state index in [1.807, 2.05) is 24.3 Å².